The Kier molecular flexibility index (Phi) is 4.63. The Hall–Kier alpha value is -2.33. The topological polar surface area (TPSA) is 52.6 Å². The van der Waals surface area contributed by atoms with E-state index in [1.807, 2.05) is 60.4 Å². The zero-order chi connectivity index (χ0) is 16.2. The monoisotopic (exact) mass is 310 g/mol. The number of nitrogens with one attached hydrogen (secondary N) is 1. The maximum atomic E-state index is 12.6. The van der Waals surface area contributed by atoms with Gasteiger partial charge in [-0.25, -0.2) is 0 Å². The van der Waals surface area contributed by atoms with Crippen molar-refractivity contribution in [1.29, 1.82) is 0 Å². The van der Waals surface area contributed by atoms with Gasteiger partial charge in [0.25, 0.3) is 0 Å². The van der Waals surface area contributed by atoms with Crippen LogP contribution in [0.25, 0.3) is 11.1 Å². The fourth-order valence-electron chi connectivity index (χ4n) is 3.06. The van der Waals surface area contributed by atoms with Crippen LogP contribution in [0.3, 0.4) is 0 Å². The number of rotatable bonds is 3. The summed E-state index contributed by atoms with van der Waals surface area (Å²) in [5.41, 5.74) is 2.40. The molecule has 0 aromatic heterocycles. The summed E-state index contributed by atoms with van der Waals surface area (Å²) in [6, 6.07) is 15.5. The summed E-state index contributed by atoms with van der Waals surface area (Å²) in [5.74, 6) is 0.273. The molecule has 120 valence electrons. The van der Waals surface area contributed by atoms with Crippen LogP contribution in [-0.4, -0.2) is 41.6 Å². The van der Waals surface area contributed by atoms with Crippen LogP contribution in [0.5, 0.6) is 5.75 Å². The van der Waals surface area contributed by atoms with Gasteiger partial charge in [-0.3, -0.25) is 4.79 Å². The molecule has 3 rings (SSSR count). The molecule has 2 N–H and O–H groups in total. The average Bonchev–Trinajstić information content (AvgIpc) is 2.58. The van der Waals surface area contributed by atoms with Crippen LogP contribution in [0.1, 0.15) is 12.5 Å². The number of para-hydroxylation sites is 1. The van der Waals surface area contributed by atoms with Crippen molar-refractivity contribution < 1.29 is 9.90 Å². The van der Waals surface area contributed by atoms with Gasteiger partial charge in [0.2, 0.25) is 5.91 Å². The molecule has 1 aliphatic rings. The highest BCUT2D eigenvalue weighted by Gasteiger charge is 2.24. The number of nitrogens with zero attached hydrogens (tertiary/aromatic N) is 1. The summed E-state index contributed by atoms with van der Waals surface area (Å²) >= 11 is 0. The largest absolute Gasteiger partial charge is 0.507 e. The van der Waals surface area contributed by atoms with Crippen LogP contribution < -0.4 is 5.32 Å². The van der Waals surface area contributed by atoms with E-state index in [0.29, 0.717) is 5.56 Å². The van der Waals surface area contributed by atoms with Gasteiger partial charge in [-0.05, 0) is 12.5 Å². The molecule has 1 fully saturated rings. The van der Waals surface area contributed by atoms with Gasteiger partial charge in [0, 0.05) is 36.8 Å². The van der Waals surface area contributed by atoms with E-state index in [2.05, 4.69) is 5.32 Å². The summed E-state index contributed by atoms with van der Waals surface area (Å²) < 4.78 is 0. The Morgan fingerprint density at radius 2 is 2.00 bits per heavy atom. The number of hydrogen-bond acceptors (Lipinski definition) is 3. The van der Waals surface area contributed by atoms with Gasteiger partial charge in [0.1, 0.15) is 5.75 Å². The molecule has 0 spiro atoms. The second kappa shape index (κ2) is 6.84. The molecule has 0 saturated carbocycles. The minimum Gasteiger partial charge on any atom is -0.507 e. The van der Waals surface area contributed by atoms with Gasteiger partial charge in [-0.1, -0.05) is 48.5 Å². The van der Waals surface area contributed by atoms with Crippen LogP contribution >= 0.6 is 0 Å². The van der Waals surface area contributed by atoms with Crippen molar-refractivity contribution in [1.82, 2.24) is 10.2 Å². The summed E-state index contributed by atoms with van der Waals surface area (Å²) in [5, 5.41) is 13.9. The van der Waals surface area contributed by atoms with Gasteiger partial charge in [0.15, 0.2) is 0 Å². The molecule has 4 nitrogen and oxygen atoms in total. The third-order valence-electron chi connectivity index (χ3n) is 4.37. The number of benzene rings is 2. The summed E-state index contributed by atoms with van der Waals surface area (Å²) in [6.45, 7) is 4.41. The highest BCUT2D eigenvalue weighted by atomic mass is 16.3. The number of piperazine rings is 1. The minimum absolute atomic E-state index is 0.0690. The van der Waals surface area contributed by atoms with Crippen molar-refractivity contribution in [3.8, 4) is 16.9 Å². The smallest absolute Gasteiger partial charge is 0.227 e. The van der Waals surface area contributed by atoms with E-state index in [0.717, 1.165) is 30.8 Å². The van der Waals surface area contributed by atoms with Gasteiger partial charge in [-0.15, -0.1) is 0 Å². The number of phenolic OH excluding ortho intramolecular Hbond substituents is 1. The predicted octanol–water partition coefficient (Wildman–Crippen LogP) is 2.42. The van der Waals surface area contributed by atoms with E-state index in [1.54, 1.807) is 0 Å². The molecule has 0 bridgehead atoms. The summed E-state index contributed by atoms with van der Waals surface area (Å²) in [4.78, 5) is 14.5. The van der Waals surface area contributed by atoms with Crippen LogP contribution in [0.4, 0.5) is 0 Å². The molecule has 1 saturated heterocycles. The van der Waals surface area contributed by atoms with Gasteiger partial charge in [0.05, 0.1) is 6.42 Å². The first-order valence-electron chi connectivity index (χ1n) is 8.03. The predicted molar refractivity (Wildman–Crippen MR) is 91.3 cm³/mol. The van der Waals surface area contributed by atoms with Crippen molar-refractivity contribution in [3.63, 3.8) is 0 Å². The van der Waals surface area contributed by atoms with Crippen LogP contribution in [0, 0.1) is 0 Å². The molecule has 0 aliphatic carbocycles. The fourth-order valence-corrected chi connectivity index (χ4v) is 3.06. The molecule has 1 aliphatic heterocycles. The number of carbonyl (C=O) groups excluding carboxylic acids is 1. The standard InChI is InChI=1S/C19H22N2O2/c1-14-13-20-10-11-21(14)18(22)12-16-8-5-9-17(19(16)23)15-6-3-2-4-7-15/h2-9,14,20,23H,10-13H2,1H3. The first-order valence-corrected chi connectivity index (χ1v) is 8.03. The lowest BCUT2D eigenvalue weighted by Crippen LogP contribution is -2.52. The molecule has 23 heavy (non-hydrogen) atoms. The van der Waals surface area contributed by atoms with Crippen molar-refractivity contribution in [2.75, 3.05) is 19.6 Å². The molecule has 1 amide bonds. The van der Waals surface area contributed by atoms with E-state index in [-0.39, 0.29) is 24.1 Å². The third-order valence-corrected chi connectivity index (χ3v) is 4.37. The number of phenols is 1. The normalized spacial score (nSPS) is 18.0. The van der Waals surface area contributed by atoms with E-state index in [9.17, 15) is 9.90 Å². The lowest BCUT2D eigenvalue weighted by molar-refractivity contribution is -0.133. The number of carbonyl (C=O) groups is 1. The molecule has 1 heterocycles. The van der Waals surface area contributed by atoms with Gasteiger partial charge >= 0.3 is 0 Å². The fraction of sp³-hybridized carbons (Fsp3) is 0.316. The molecular weight excluding hydrogens is 288 g/mol. The first-order chi connectivity index (χ1) is 11.2. The van der Waals surface area contributed by atoms with E-state index >= 15 is 0 Å². The Bertz CT molecular complexity index is 685. The molecule has 1 unspecified atom stereocenters. The maximum Gasteiger partial charge on any atom is 0.227 e. The maximum absolute atomic E-state index is 12.6. The Morgan fingerprint density at radius 1 is 1.22 bits per heavy atom. The van der Waals surface area contributed by atoms with Crippen LogP contribution in [-0.2, 0) is 11.2 Å². The minimum atomic E-state index is 0.0690. The highest BCUT2D eigenvalue weighted by molar-refractivity contribution is 5.82. The van der Waals surface area contributed by atoms with Crippen molar-refractivity contribution in [3.05, 3.63) is 54.1 Å². The molecule has 2 aromatic rings. The van der Waals surface area contributed by atoms with E-state index in [1.165, 1.54) is 0 Å². The van der Waals surface area contributed by atoms with Crippen molar-refractivity contribution in [2.45, 2.75) is 19.4 Å². The average molecular weight is 310 g/mol. The third kappa shape index (κ3) is 3.37. The molecule has 0 radical (unpaired) electrons. The quantitative estimate of drug-likeness (QED) is 0.915. The van der Waals surface area contributed by atoms with Gasteiger partial charge < -0.3 is 15.3 Å². The zero-order valence-corrected chi connectivity index (χ0v) is 13.3. The lowest BCUT2D eigenvalue weighted by Gasteiger charge is -2.34. The Labute approximate surface area is 136 Å². The van der Waals surface area contributed by atoms with Crippen LogP contribution in [0.15, 0.2) is 48.5 Å². The summed E-state index contributed by atoms with van der Waals surface area (Å²) in [6.07, 6.45) is 0.233. The Balaban J connectivity index is 1.82. The first kappa shape index (κ1) is 15.6. The van der Waals surface area contributed by atoms with Crippen molar-refractivity contribution >= 4 is 5.91 Å². The highest BCUT2D eigenvalue weighted by Crippen LogP contribution is 2.32. The van der Waals surface area contributed by atoms with Gasteiger partial charge in [-0.2, -0.15) is 0 Å². The number of hydrogen-bond donors (Lipinski definition) is 2. The second-order valence-electron chi connectivity index (χ2n) is 6.00. The van der Waals surface area contributed by atoms with E-state index < -0.39 is 0 Å². The van der Waals surface area contributed by atoms with Crippen LogP contribution in [0.2, 0.25) is 0 Å². The second-order valence-corrected chi connectivity index (χ2v) is 6.00. The molecular formula is C19H22N2O2. The molecule has 4 heteroatoms. The molecule has 2 aromatic carbocycles. The van der Waals surface area contributed by atoms with E-state index in [4.69, 9.17) is 0 Å². The Morgan fingerprint density at radius 3 is 2.74 bits per heavy atom. The number of amides is 1. The zero-order valence-electron chi connectivity index (χ0n) is 13.3. The SMILES string of the molecule is CC1CNCCN1C(=O)Cc1cccc(-c2ccccc2)c1O. The van der Waals surface area contributed by atoms with Crippen molar-refractivity contribution in [2.24, 2.45) is 0 Å². The molecule has 1 atom stereocenters. The number of aromatic hydroxyl groups is 1. The summed E-state index contributed by atoms with van der Waals surface area (Å²) in [7, 11) is 0. The lowest BCUT2D eigenvalue weighted by atomic mass is 9.99.